The molecule has 0 heterocycles. The van der Waals surface area contributed by atoms with E-state index < -0.39 is 0 Å². The Labute approximate surface area is 129 Å². The molecular formula is C20H26O. The smallest absolute Gasteiger partial charge is 0.119 e. The summed E-state index contributed by atoms with van der Waals surface area (Å²) >= 11 is 0. The van der Waals surface area contributed by atoms with Crippen molar-refractivity contribution in [2.45, 2.75) is 33.6 Å². The van der Waals surface area contributed by atoms with Crippen molar-refractivity contribution in [2.24, 2.45) is 11.8 Å². The lowest BCUT2D eigenvalue weighted by molar-refractivity contribution is 0.259. The molecule has 2 aromatic carbocycles. The first-order valence-electron chi connectivity index (χ1n) is 7.89. The van der Waals surface area contributed by atoms with Crippen LogP contribution in [0.3, 0.4) is 0 Å². The van der Waals surface area contributed by atoms with Crippen LogP contribution in [-0.4, -0.2) is 6.61 Å². The summed E-state index contributed by atoms with van der Waals surface area (Å²) in [6, 6.07) is 19.1. The average molecular weight is 282 g/mol. The Balaban J connectivity index is 1.85. The molecule has 0 aliphatic rings. The molecule has 0 aliphatic carbocycles. The Morgan fingerprint density at radius 1 is 0.810 bits per heavy atom. The number of hydrogen-bond donors (Lipinski definition) is 0. The van der Waals surface area contributed by atoms with E-state index in [2.05, 4.69) is 75.4 Å². The van der Waals surface area contributed by atoms with Gasteiger partial charge in [-0.25, -0.2) is 0 Å². The first-order valence-corrected chi connectivity index (χ1v) is 7.89. The molecule has 1 unspecified atom stereocenters. The van der Waals surface area contributed by atoms with Crippen LogP contribution in [0.2, 0.25) is 0 Å². The molecule has 0 amide bonds. The van der Waals surface area contributed by atoms with E-state index >= 15 is 0 Å². The molecule has 2 aromatic rings. The Morgan fingerprint density at radius 3 is 2.24 bits per heavy atom. The van der Waals surface area contributed by atoms with Crippen molar-refractivity contribution in [1.29, 1.82) is 0 Å². The van der Waals surface area contributed by atoms with Gasteiger partial charge in [0.05, 0.1) is 6.61 Å². The van der Waals surface area contributed by atoms with Crippen LogP contribution in [0, 0.1) is 11.8 Å². The van der Waals surface area contributed by atoms with Crippen LogP contribution < -0.4 is 4.74 Å². The van der Waals surface area contributed by atoms with Gasteiger partial charge in [-0.15, -0.1) is 0 Å². The van der Waals surface area contributed by atoms with Gasteiger partial charge in [0.2, 0.25) is 0 Å². The monoisotopic (exact) mass is 282 g/mol. The standard InChI is InChI=1S/C20H26O/c1-16(2)12-19-10-7-11-20(14-19)21-15-17(3)13-18-8-5-4-6-9-18/h4-11,14,16-17H,12-13,15H2,1-3H3. The largest absolute Gasteiger partial charge is 0.493 e. The van der Waals surface area contributed by atoms with Crippen molar-refractivity contribution >= 4 is 0 Å². The van der Waals surface area contributed by atoms with E-state index in [0.717, 1.165) is 25.2 Å². The lowest BCUT2D eigenvalue weighted by atomic mass is 10.0. The van der Waals surface area contributed by atoms with Gasteiger partial charge < -0.3 is 4.74 Å². The molecule has 0 saturated carbocycles. The minimum atomic E-state index is 0.515. The lowest BCUT2D eigenvalue weighted by Gasteiger charge is -2.14. The third-order valence-electron chi connectivity index (χ3n) is 3.50. The predicted octanol–water partition coefficient (Wildman–Crippen LogP) is 5.14. The van der Waals surface area contributed by atoms with Crippen molar-refractivity contribution < 1.29 is 4.74 Å². The third-order valence-corrected chi connectivity index (χ3v) is 3.50. The predicted molar refractivity (Wildman–Crippen MR) is 89.8 cm³/mol. The fraction of sp³-hybridized carbons (Fsp3) is 0.400. The lowest BCUT2D eigenvalue weighted by Crippen LogP contribution is -2.11. The van der Waals surface area contributed by atoms with Crippen LogP contribution in [0.5, 0.6) is 5.75 Å². The molecule has 21 heavy (non-hydrogen) atoms. The van der Waals surface area contributed by atoms with Crippen LogP contribution >= 0.6 is 0 Å². The minimum absolute atomic E-state index is 0.515. The molecule has 0 radical (unpaired) electrons. The maximum Gasteiger partial charge on any atom is 0.119 e. The molecule has 0 fully saturated rings. The van der Waals surface area contributed by atoms with E-state index in [1.54, 1.807) is 0 Å². The van der Waals surface area contributed by atoms with Crippen LogP contribution in [0.15, 0.2) is 54.6 Å². The van der Waals surface area contributed by atoms with Crippen molar-refractivity contribution in [2.75, 3.05) is 6.61 Å². The van der Waals surface area contributed by atoms with Gasteiger partial charge in [-0.2, -0.15) is 0 Å². The van der Waals surface area contributed by atoms with E-state index in [1.807, 2.05) is 0 Å². The first-order chi connectivity index (χ1) is 10.1. The summed E-state index contributed by atoms with van der Waals surface area (Å²) in [4.78, 5) is 0. The Kier molecular flexibility index (Phi) is 5.86. The highest BCUT2D eigenvalue weighted by molar-refractivity contribution is 5.28. The molecule has 0 aliphatic heterocycles. The summed E-state index contributed by atoms with van der Waals surface area (Å²) in [7, 11) is 0. The van der Waals surface area contributed by atoms with Crippen LogP contribution in [0.1, 0.15) is 31.9 Å². The van der Waals surface area contributed by atoms with Crippen molar-refractivity contribution in [3.05, 3.63) is 65.7 Å². The molecule has 0 bridgehead atoms. The van der Waals surface area contributed by atoms with Crippen LogP contribution in [0.4, 0.5) is 0 Å². The SMILES string of the molecule is CC(C)Cc1cccc(OCC(C)Cc2ccccc2)c1. The minimum Gasteiger partial charge on any atom is -0.493 e. The van der Waals surface area contributed by atoms with Crippen molar-refractivity contribution in [3.8, 4) is 5.75 Å². The summed E-state index contributed by atoms with van der Waals surface area (Å²) < 4.78 is 5.96. The van der Waals surface area contributed by atoms with Crippen LogP contribution in [0.25, 0.3) is 0 Å². The average Bonchev–Trinajstić information content (AvgIpc) is 2.46. The first kappa shape index (κ1) is 15.6. The molecule has 1 nitrogen and oxygen atoms in total. The number of ether oxygens (including phenoxy) is 1. The van der Waals surface area contributed by atoms with Gasteiger partial charge in [0.1, 0.15) is 5.75 Å². The molecule has 1 atom stereocenters. The highest BCUT2D eigenvalue weighted by atomic mass is 16.5. The number of hydrogen-bond acceptors (Lipinski definition) is 1. The number of benzene rings is 2. The van der Waals surface area contributed by atoms with Crippen molar-refractivity contribution in [3.63, 3.8) is 0 Å². The third kappa shape index (κ3) is 5.63. The maximum absolute atomic E-state index is 5.96. The summed E-state index contributed by atoms with van der Waals surface area (Å²) in [6.07, 6.45) is 2.17. The van der Waals surface area contributed by atoms with E-state index in [9.17, 15) is 0 Å². The van der Waals surface area contributed by atoms with E-state index in [0.29, 0.717) is 11.8 Å². The molecule has 112 valence electrons. The van der Waals surface area contributed by atoms with Gasteiger partial charge in [0.25, 0.3) is 0 Å². The molecule has 0 spiro atoms. The van der Waals surface area contributed by atoms with Gasteiger partial charge in [0, 0.05) is 0 Å². The summed E-state index contributed by atoms with van der Waals surface area (Å²) in [5.41, 5.74) is 2.74. The second-order valence-corrected chi connectivity index (χ2v) is 6.35. The summed E-state index contributed by atoms with van der Waals surface area (Å²) in [5, 5.41) is 0. The molecule has 1 heteroatoms. The Morgan fingerprint density at radius 2 is 1.52 bits per heavy atom. The van der Waals surface area contributed by atoms with Gasteiger partial charge in [-0.3, -0.25) is 0 Å². The topological polar surface area (TPSA) is 9.23 Å². The highest BCUT2D eigenvalue weighted by Gasteiger charge is 2.06. The Bertz CT molecular complexity index is 531. The molecule has 0 aromatic heterocycles. The van der Waals surface area contributed by atoms with E-state index in [4.69, 9.17) is 4.74 Å². The van der Waals surface area contributed by atoms with Crippen molar-refractivity contribution in [1.82, 2.24) is 0 Å². The maximum atomic E-state index is 5.96. The molecule has 2 rings (SSSR count). The summed E-state index contributed by atoms with van der Waals surface area (Å²) in [6.45, 7) is 7.50. The van der Waals surface area contributed by atoms with Gasteiger partial charge >= 0.3 is 0 Å². The Hall–Kier alpha value is -1.76. The quantitative estimate of drug-likeness (QED) is 0.683. The fourth-order valence-corrected chi connectivity index (χ4v) is 2.55. The van der Waals surface area contributed by atoms with Crippen LogP contribution in [-0.2, 0) is 12.8 Å². The normalized spacial score (nSPS) is 12.4. The number of rotatable bonds is 7. The second kappa shape index (κ2) is 7.87. The zero-order valence-electron chi connectivity index (χ0n) is 13.4. The zero-order valence-corrected chi connectivity index (χ0v) is 13.4. The zero-order chi connectivity index (χ0) is 15.1. The molecule has 0 N–H and O–H groups in total. The summed E-state index contributed by atoms with van der Waals surface area (Å²) in [5.74, 6) is 2.19. The fourth-order valence-electron chi connectivity index (χ4n) is 2.55. The highest BCUT2D eigenvalue weighted by Crippen LogP contribution is 2.18. The van der Waals surface area contributed by atoms with E-state index in [-0.39, 0.29) is 0 Å². The molecular weight excluding hydrogens is 256 g/mol. The van der Waals surface area contributed by atoms with Gasteiger partial charge in [0.15, 0.2) is 0 Å². The molecule has 0 saturated heterocycles. The second-order valence-electron chi connectivity index (χ2n) is 6.35. The van der Waals surface area contributed by atoms with E-state index in [1.165, 1.54) is 11.1 Å². The van der Waals surface area contributed by atoms with Gasteiger partial charge in [-0.1, -0.05) is 63.2 Å². The van der Waals surface area contributed by atoms with Gasteiger partial charge in [-0.05, 0) is 47.9 Å².